The number of thioether (sulfide) groups is 1. The van der Waals surface area contributed by atoms with Crippen molar-refractivity contribution in [1.29, 1.82) is 0 Å². The maximum Gasteiger partial charge on any atom is 0.337 e. The standard InChI is InChI=1S/C18H15N3O3S3/c1-24-16(23)12-7-9-13(10-8-12)19-15(22)11-26-17-20-21(18(25)27-17)14-5-3-2-4-6-14/h2-10H,11H2,1H3,(H,19,22). The zero-order valence-corrected chi connectivity index (χ0v) is 16.7. The molecule has 3 rings (SSSR count). The van der Waals surface area contributed by atoms with Crippen molar-refractivity contribution in [2.75, 3.05) is 18.2 Å². The van der Waals surface area contributed by atoms with Gasteiger partial charge in [0.05, 0.1) is 24.1 Å². The van der Waals surface area contributed by atoms with Gasteiger partial charge in [-0.2, -0.15) is 0 Å². The number of carbonyl (C=O) groups excluding carboxylic acids is 2. The number of para-hydroxylation sites is 1. The van der Waals surface area contributed by atoms with Gasteiger partial charge in [0.25, 0.3) is 0 Å². The van der Waals surface area contributed by atoms with E-state index in [2.05, 4.69) is 15.2 Å². The van der Waals surface area contributed by atoms with E-state index in [0.717, 1.165) is 10.0 Å². The molecular weight excluding hydrogens is 402 g/mol. The van der Waals surface area contributed by atoms with Crippen LogP contribution in [0.1, 0.15) is 10.4 Å². The molecule has 1 amide bonds. The van der Waals surface area contributed by atoms with E-state index in [-0.39, 0.29) is 11.7 Å². The first-order valence-electron chi connectivity index (χ1n) is 7.83. The molecule has 0 unspecified atom stereocenters. The van der Waals surface area contributed by atoms with Crippen LogP contribution in [0.2, 0.25) is 0 Å². The number of ether oxygens (including phenoxy) is 1. The molecule has 9 heteroatoms. The van der Waals surface area contributed by atoms with E-state index in [9.17, 15) is 9.59 Å². The van der Waals surface area contributed by atoms with Crippen LogP contribution in [-0.2, 0) is 9.53 Å². The summed E-state index contributed by atoms with van der Waals surface area (Å²) < 4.78 is 7.68. The van der Waals surface area contributed by atoms with Gasteiger partial charge in [-0.15, -0.1) is 5.10 Å². The monoisotopic (exact) mass is 417 g/mol. The number of amides is 1. The lowest BCUT2D eigenvalue weighted by Crippen LogP contribution is -2.14. The molecule has 1 aromatic heterocycles. The lowest BCUT2D eigenvalue weighted by molar-refractivity contribution is -0.113. The van der Waals surface area contributed by atoms with E-state index in [1.54, 1.807) is 28.9 Å². The molecule has 0 saturated carbocycles. The highest BCUT2D eigenvalue weighted by Crippen LogP contribution is 2.24. The summed E-state index contributed by atoms with van der Waals surface area (Å²) in [6.07, 6.45) is 0. The Bertz CT molecular complexity index is 998. The number of hydrogen-bond donors (Lipinski definition) is 1. The smallest absolute Gasteiger partial charge is 0.337 e. The third-order valence-corrected chi connectivity index (χ3v) is 5.81. The van der Waals surface area contributed by atoms with E-state index in [4.69, 9.17) is 12.2 Å². The van der Waals surface area contributed by atoms with Crippen molar-refractivity contribution in [2.24, 2.45) is 0 Å². The van der Waals surface area contributed by atoms with Crippen LogP contribution in [0.25, 0.3) is 5.69 Å². The number of methoxy groups -OCH3 is 1. The van der Waals surface area contributed by atoms with Crippen molar-refractivity contribution in [3.8, 4) is 5.69 Å². The van der Waals surface area contributed by atoms with Gasteiger partial charge in [-0.05, 0) is 48.6 Å². The average molecular weight is 418 g/mol. The number of nitrogens with one attached hydrogen (secondary N) is 1. The molecule has 0 bridgehead atoms. The molecule has 0 atom stereocenters. The number of anilines is 1. The van der Waals surface area contributed by atoms with E-state index >= 15 is 0 Å². The molecule has 0 radical (unpaired) electrons. The number of nitrogens with zero attached hydrogens (tertiary/aromatic N) is 2. The van der Waals surface area contributed by atoms with Crippen LogP contribution in [0, 0.1) is 3.95 Å². The molecule has 6 nitrogen and oxygen atoms in total. The van der Waals surface area contributed by atoms with Crippen LogP contribution in [0.3, 0.4) is 0 Å². The van der Waals surface area contributed by atoms with Crippen LogP contribution in [0.4, 0.5) is 5.69 Å². The topological polar surface area (TPSA) is 73.2 Å². The molecule has 0 aliphatic carbocycles. The third kappa shape index (κ3) is 5.03. The number of hydrogen-bond acceptors (Lipinski definition) is 7. The van der Waals surface area contributed by atoms with Gasteiger partial charge >= 0.3 is 5.97 Å². The van der Waals surface area contributed by atoms with Crippen molar-refractivity contribution >= 4 is 52.9 Å². The summed E-state index contributed by atoms with van der Waals surface area (Å²) >= 11 is 8.04. The van der Waals surface area contributed by atoms with Crippen molar-refractivity contribution in [3.05, 3.63) is 64.1 Å². The number of rotatable bonds is 6. The second-order valence-electron chi connectivity index (χ2n) is 5.29. The van der Waals surface area contributed by atoms with Crippen LogP contribution in [0.5, 0.6) is 0 Å². The highest BCUT2D eigenvalue weighted by Gasteiger charge is 2.10. The number of carbonyl (C=O) groups is 2. The maximum absolute atomic E-state index is 12.1. The van der Waals surface area contributed by atoms with Crippen LogP contribution < -0.4 is 5.32 Å². The zero-order chi connectivity index (χ0) is 19.2. The first-order valence-corrected chi connectivity index (χ1v) is 10.0. The molecule has 0 saturated heterocycles. The summed E-state index contributed by atoms with van der Waals surface area (Å²) in [6, 6.07) is 16.1. The minimum Gasteiger partial charge on any atom is -0.465 e. The Kier molecular flexibility index (Phi) is 6.38. The van der Waals surface area contributed by atoms with Crippen molar-refractivity contribution in [1.82, 2.24) is 9.78 Å². The molecule has 0 spiro atoms. The normalized spacial score (nSPS) is 10.4. The fourth-order valence-electron chi connectivity index (χ4n) is 2.18. The SMILES string of the molecule is COC(=O)c1ccc(NC(=O)CSc2nn(-c3ccccc3)c(=S)s2)cc1. The number of aromatic nitrogens is 2. The van der Waals surface area contributed by atoms with Crippen LogP contribution >= 0.6 is 35.3 Å². The van der Waals surface area contributed by atoms with Crippen LogP contribution in [0.15, 0.2) is 58.9 Å². The Labute approximate surface area is 169 Å². The predicted molar refractivity (Wildman–Crippen MR) is 109 cm³/mol. The second kappa shape index (κ2) is 8.94. The summed E-state index contributed by atoms with van der Waals surface area (Å²) in [5.41, 5.74) is 1.92. The second-order valence-corrected chi connectivity index (χ2v) is 8.13. The summed E-state index contributed by atoms with van der Waals surface area (Å²) in [7, 11) is 1.32. The van der Waals surface area contributed by atoms with Gasteiger partial charge in [-0.25, -0.2) is 9.48 Å². The molecule has 0 fully saturated rings. The quantitative estimate of drug-likeness (QED) is 0.368. The van der Waals surface area contributed by atoms with Gasteiger partial charge in [-0.3, -0.25) is 4.79 Å². The number of esters is 1. The Morgan fingerprint density at radius 2 is 1.89 bits per heavy atom. The van der Waals surface area contributed by atoms with E-state index in [1.807, 2.05) is 30.3 Å². The predicted octanol–water partition coefficient (Wildman–Crippen LogP) is 4.18. The first kappa shape index (κ1) is 19.3. The van der Waals surface area contributed by atoms with Crippen molar-refractivity contribution in [3.63, 3.8) is 0 Å². The number of benzene rings is 2. The Morgan fingerprint density at radius 1 is 1.19 bits per heavy atom. The van der Waals surface area contributed by atoms with E-state index in [0.29, 0.717) is 15.2 Å². The summed E-state index contributed by atoms with van der Waals surface area (Å²) in [6.45, 7) is 0. The van der Waals surface area contributed by atoms with Gasteiger partial charge in [0.1, 0.15) is 0 Å². The highest BCUT2D eigenvalue weighted by atomic mass is 32.2. The van der Waals surface area contributed by atoms with Gasteiger partial charge in [0.2, 0.25) is 5.91 Å². The molecule has 1 heterocycles. The van der Waals surface area contributed by atoms with E-state index in [1.165, 1.54) is 30.2 Å². The van der Waals surface area contributed by atoms with Crippen molar-refractivity contribution < 1.29 is 14.3 Å². The fraction of sp³-hybridized carbons (Fsp3) is 0.111. The molecule has 2 aromatic carbocycles. The summed E-state index contributed by atoms with van der Waals surface area (Å²) in [5, 5.41) is 7.24. The van der Waals surface area contributed by atoms with Crippen molar-refractivity contribution in [2.45, 2.75) is 4.34 Å². The van der Waals surface area contributed by atoms with Gasteiger partial charge in [-0.1, -0.05) is 41.3 Å². The Hall–Kier alpha value is -2.49. The minimum absolute atomic E-state index is 0.168. The molecule has 0 aliphatic heterocycles. The average Bonchev–Trinajstić information content (AvgIpc) is 3.07. The molecule has 138 valence electrons. The highest BCUT2D eigenvalue weighted by molar-refractivity contribution is 8.01. The largest absolute Gasteiger partial charge is 0.465 e. The van der Waals surface area contributed by atoms with Gasteiger partial charge in [0.15, 0.2) is 8.29 Å². The molecule has 3 aromatic rings. The zero-order valence-electron chi connectivity index (χ0n) is 14.2. The molecule has 27 heavy (non-hydrogen) atoms. The summed E-state index contributed by atoms with van der Waals surface area (Å²) in [4.78, 5) is 23.6. The summed E-state index contributed by atoms with van der Waals surface area (Å²) in [5.74, 6) is -0.382. The molecule has 1 N–H and O–H groups in total. The lowest BCUT2D eigenvalue weighted by atomic mass is 10.2. The molecule has 0 aliphatic rings. The Balaban J connectivity index is 1.58. The minimum atomic E-state index is -0.418. The first-order chi connectivity index (χ1) is 13.1. The maximum atomic E-state index is 12.1. The van der Waals surface area contributed by atoms with Gasteiger partial charge in [0, 0.05) is 5.69 Å². The van der Waals surface area contributed by atoms with Gasteiger partial charge < -0.3 is 10.1 Å². The Morgan fingerprint density at radius 3 is 2.56 bits per heavy atom. The third-order valence-electron chi connectivity index (χ3n) is 3.45. The van der Waals surface area contributed by atoms with E-state index < -0.39 is 5.97 Å². The lowest BCUT2D eigenvalue weighted by Gasteiger charge is -2.05. The fourth-order valence-corrected chi connectivity index (χ4v) is 4.34. The van der Waals surface area contributed by atoms with Crippen LogP contribution in [-0.4, -0.2) is 34.5 Å². The molecular formula is C18H15N3O3S3.